The summed E-state index contributed by atoms with van der Waals surface area (Å²) >= 11 is 1.48. The Labute approximate surface area is 149 Å². The number of aromatic nitrogens is 5. The fourth-order valence-electron chi connectivity index (χ4n) is 3.04. The Hall–Kier alpha value is -1.91. The highest BCUT2D eigenvalue weighted by Crippen LogP contribution is 2.31. The SMILES string of the molecule is Cc1ccc(-c2nn3c(C4CCN(S(C)(=O)=O)CC4)nnc3s2)cn1. The highest BCUT2D eigenvalue weighted by molar-refractivity contribution is 7.88. The van der Waals surface area contributed by atoms with E-state index in [0.29, 0.717) is 13.1 Å². The van der Waals surface area contributed by atoms with Crippen LogP contribution in [-0.4, -0.2) is 56.9 Å². The van der Waals surface area contributed by atoms with E-state index < -0.39 is 10.0 Å². The molecule has 3 aromatic rings. The van der Waals surface area contributed by atoms with E-state index in [1.54, 1.807) is 4.52 Å². The predicted octanol–water partition coefficient (Wildman–Crippen LogP) is 1.70. The van der Waals surface area contributed by atoms with Crippen LogP contribution in [0.2, 0.25) is 0 Å². The minimum atomic E-state index is -3.13. The second-order valence-electron chi connectivity index (χ2n) is 6.28. The molecule has 132 valence electrons. The van der Waals surface area contributed by atoms with Crippen LogP contribution in [0.4, 0.5) is 0 Å². The van der Waals surface area contributed by atoms with Crippen LogP contribution in [-0.2, 0) is 10.0 Å². The molecule has 4 heterocycles. The summed E-state index contributed by atoms with van der Waals surface area (Å²) < 4.78 is 26.6. The lowest BCUT2D eigenvalue weighted by atomic mass is 9.97. The molecule has 0 spiro atoms. The zero-order valence-corrected chi connectivity index (χ0v) is 15.6. The lowest BCUT2D eigenvalue weighted by Gasteiger charge is -2.28. The van der Waals surface area contributed by atoms with Gasteiger partial charge < -0.3 is 0 Å². The Balaban J connectivity index is 1.60. The lowest BCUT2D eigenvalue weighted by Crippen LogP contribution is -2.37. The van der Waals surface area contributed by atoms with Gasteiger partial charge in [0.25, 0.3) is 0 Å². The molecule has 0 aliphatic carbocycles. The van der Waals surface area contributed by atoms with Crippen molar-refractivity contribution in [3.63, 3.8) is 0 Å². The average Bonchev–Trinajstić information content (AvgIpc) is 3.15. The first-order valence-corrected chi connectivity index (χ1v) is 10.7. The maximum absolute atomic E-state index is 11.7. The topological polar surface area (TPSA) is 93.3 Å². The standard InChI is InChI=1S/C15H18N6O2S2/c1-10-3-4-12(9-16-10)14-19-21-13(17-18-15(21)24-14)11-5-7-20(8-6-11)25(2,22)23/h3-4,9,11H,5-8H2,1-2H3. The smallest absolute Gasteiger partial charge is 0.234 e. The second kappa shape index (κ2) is 6.11. The van der Waals surface area contributed by atoms with Gasteiger partial charge in [-0.15, -0.1) is 10.2 Å². The molecule has 0 radical (unpaired) electrons. The molecule has 10 heteroatoms. The molecule has 0 atom stereocenters. The normalized spacial score (nSPS) is 17.4. The van der Waals surface area contributed by atoms with Crippen LogP contribution in [0, 0.1) is 6.92 Å². The van der Waals surface area contributed by atoms with Crippen LogP contribution in [0.3, 0.4) is 0 Å². The first-order chi connectivity index (χ1) is 11.9. The molecule has 0 unspecified atom stereocenters. The van der Waals surface area contributed by atoms with E-state index in [0.717, 1.165) is 39.9 Å². The number of aryl methyl sites for hydroxylation is 1. The number of rotatable bonds is 3. The van der Waals surface area contributed by atoms with Gasteiger partial charge in [0.2, 0.25) is 15.0 Å². The van der Waals surface area contributed by atoms with E-state index in [1.165, 1.54) is 21.9 Å². The number of piperidine rings is 1. The van der Waals surface area contributed by atoms with Gasteiger partial charge in [0, 0.05) is 36.5 Å². The summed E-state index contributed by atoms with van der Waals surface area (Å²) in [6.07, 6.45) is 4.52. The fraction of sp³-hybridized carbons (Fsp3) is 0.467. The van der Waals surface area contributed by atoms with E-state index in [4.69, 9.17) is 0 Å². The Morgan fingerprint density at radius 2 is 1.96 bits per heavy atom. The molecule has 0 amide bonds. The number of hydrogen-bond acceptors (Lipinski definition) is 7. The molecule has 1 fully saturated rings. The van der Waals surface area contributed by atoms with Crippen molar-refractivity contribution in [1.29, 1.82) is 0 Å². The van der Waals surface area contributed by atoms with Crippen molar-refractivity contribution < 1.29 is 8.42 Å². The number of fused-ring (bicyclic) bond motifs is 1. The summed E-state index contributed by atoms with van der Waals surface area (Å²) in [4.78, 5) is 5.06. The Morgan fingerprint density at radius 3 is 2.60 bits per heavy atom. The summed E-state index contributed by atoms with van der Waals surface area (Å²) in [7, 11) is -3.13. The van der Waals surface area contributed by atoms with Crippen LogP contribution in [0.25, 0.3) is 15.5 Å². The van der Waals surface area contributed by atoms with E-state index in [2.05, 4.69) is 20.3 Å². The van der Waals surface area contributed by atoms with Gasteiger partial charge >= 0.3 is 0 Å². The highest BCUT2D eigenvalue weighted by atomic mass is 32.2. The van der Waals surface area contributed by atoms with E-state index in [9.17, 15) is 8.42 Å². The highest BCUT2D eigenvalue weighted by Gasteiger charge is 2.29. The van der Waals surface area contributed by atoms with Crippen LogP contribution in [0.15, 0.2) is 18.3 Å². The fourth-order valence-corrected chi connectivity index (χ4v) is 4.75. The third kappa shape index (κ3) is 3.16. The van der Waals surface area contributed by atoms with E-state index in [1.807, 2.05) is 25.3 Å². The second-order valence-corrected chi connectivity index (χ2v) is 9.22. The van der Waals surface area contributed by atoms with Gasteiger partial charge in [-0.2, -0.15) is 9.61 Å². The van der Waals surface area contributed by atoms with Crippen molar-refractivity contribution in [3.8, 4) is 10.6 Å². The summed E-state index contributed by atoms with van der Waals surface area (Å²) in [5.74, 6) is 0.977. The van der Waals surface area contributed by atoms with E-state index >= 15 is 0 Å². The van der Waals surface area contributed by atoms with Crippen LogP contribution in [0.5, 0.6) is 0 Å². The van der Waals surface area contributed by atoms with Gasteiger partial charge in [0.05, 0.1) is 6.26 Å². The number of sulfonamides is 1. The largest absolute Gasteiger partial charge is 0.261 e. The molecule has 8 nitrogen and oxygen atoms in total. The molecule has 1 aliphatic rings. The van der Waals surface area contributed by atoms with Crippen molar-refractivity contribution in [2.24, 2.45) is 0 Å². The Morgan fingerprint density at radius 1 is 1.20 bits per heavy atom. The molecule has 0 aromatic carbocycles. The minimum absolute atomic E-state index is 0.166. The lowest BCUT2D eigenvalue weighted by molar-refractivity contribution is 0.313. The minimum Gasteiger partial charge on any atom is -0.261 e. The molecular formula is C15H18N6O2S2. The summed E-state index contributed by atoms with van der Waals surface area (Å²) in [5, 5.41) is 14.0. The van der Waals surface area contributed by atoms with Gasteiger partial charge in [0.1, 0.15) is 5.01 Å². The van der Waals surface area contributed by atoms with Crippen molar-refractivity contribution >= 4 is 26.3 Å². The van der Waals surface area contributed by atoms with Crippen LogP contribution in [0.1, 0.15) is 30.3 Å². The molecule has 0 saturated carbocycles. The quantitative estimate of drug-likeness (QED) is 0.689. The molecule has 3 aromatic heterocycles. The van der Waals surface area contributed by atoms with Gasteiger partial charge in [-0.25, -0.2) is 12.7 Å². The maximum Gasteiger partial charge on any atom is 0.234 e. The molecule has 0 bridgehead atoms. The van der Waals surface area contributed by atoms with Gasteiger partial charge in [-0.3, -0.25) is 4.98 Å². The first kappa shape index (κ1) is 16.6. The Bertz CT molecular complexity index is 1000. The molecule has 25 heavy (non-hydrogen) atoms. The predicted molar refractivity (Wildman–Crippen MR) is 95.0 cm³/mol. The molecule has 1 saturated heterocycles. The molecular weight excluding hydrogens is 360 g/mol. The van der Waals surface area contributed by atoms with E-state index in [-0.39, 0.29) is 5.92 Å². The van der Waals surface area contributed by atoms with Crippen molar-refractivity contribution in [1.82, 2.24) is 29.1 Å². The Kier molecular flexibility index (Phi) is 4.05. The average molecular weight is 378 g/mol. The maximum atomic E-state index is 11.7. The third-order valence-corrected chi connectivity index (χ3v) is 6.71. The van der Waals surface area contributed by atoms with Gasteiger partial charge in [0.15, 0.2) is 5.82 Å². The zero-order valence-electron chi connectivity index (χ0n) is 14.0. The third-order valence-electron chi connectivity index (χ3n) is 4.46. The van der Waals surface area contributed by atoms with Crippen molar-refractivity contribution in [2.75, 3.05) is 19.3 Å². The van der Waals surface area contributed by atoms with Gasteiger partial charge in [-0.1, -0.05) is 11.3 Å². The number of hydrogen-bond donors (Lipinski definition) is 0. The van der Waals surface area contributed by atoms with Crippen molar-refractivity contribution in [2.45, 2.75) is 25.7 Å². The van der Waals surface area contributed by atoms with Crippen LogP contribution >= 0.6 is 11.3 Å². The summed E-state index contributed by atoms with van der Waals surface area (Å²) in [6, 6.07) is 3.96. The first-order valence-electron chi connectivity index (χ1n) is 8.02. The number of nitrogens with zero attached hydrogens (tertiary/aromatic N) is 6. The zero-order chi connectivity index (χ0) is 17.6. The van der Waals surface area contributed by atoms with Crippen LogP contribution < -0.4 is 0 Å². The monoisotopic (exact) mass is 378 g/mol. The molecule has 4 rings (SSSR count). The van der Waals surface area contributed by atoms with Crippen molar-refractivity contribution in [3.05, 3.63) is 29.8 Å². The molecule has 1 aliphatic heterocycles. The number of pyridine rings is 1. The summed E-state index contributed by atoms with van der Waals surface area (Å²) in [6.45, 7) is 2.97. The summed E-state index contributed by atoms with van der Waals surface area (Å²) in [5.41, 5.74) is 1.92. The molecule has 0 N–H and O–H groups in total. The van der Waals surface area contributed by atoms with Gasteiger partial charge in [-0.05, 0) is 31.9 Å².